The molecule has 28 heavy (non-hydrogen) atoms. The minimum Gasteiger partial charge on any atom is -0.342 e. The van der Waals surface area contributed by atoms with E-state index in [0.717, 1.165) is 56.6 Å². The summed E-state index contributed by atoms with van der Waals surface area (Å²) in [5.74, 6) is 0.119. The predicted molar refractivity (Wildman–Crippen MR) is 109 cm³/mol. The minimum atomic E-state index is -0.118. The molecule has 0 bridgehead atoms. The zero-order valence-electron chi connectivity index (χ0n) is 16.6. The quantitative estimate of drug-likeness (QED) is 0.783. The largest absolute Gasteiger partial charge is 0.342 e. The highest BCUT2D eigenvalue weighted by molar-refractivity contribution is 5.84. The van der Waals surface area contributed by atoms with Gasteiger partial charge in [0.2, 0.25) is 5.91 Å². The summed E-state index contributed by atoms with van der Waals surface area (Å²) in [5, 5.41) is 0. The van der Waals surface area contributed by atoms with Gasteiger partial charge >= 0.3 is 0 Å². The van der Waals surface area contributed by atoms with Gasteiger partial charge in [0, 0.05) is 25.2 Å². The van der Waals surface area contributed by atoms with Crippen molar-refractivity contribution in [1.82, 2.24) is 9.80 Å². The molecule has 0 radical (unpaired) electrons. The van der Waals surface area contributed by atoms with Crippen LogP contribution < -0.4 is 0 Å². The Kier molecular flexibility index (Phi) is 5.49. The highest BCUT2D eigenvalue weighted by atomic mass is 19.1. The Hall–Kier alpha value is -2.20. The molecule has 4 rings (SSSR count). The van der Waals surface area contributed by atoms with Crippen molar-refractivity contribution in [3.63, 3.8) is 0 Å². The zero-order chi connectivity index (χ0) is 19.6. The summed E-state index contributed by atoms with van der Waals surface area (Å²) in [4.78, 5) is 17.4. The summed E-state index contributed by atoms with van der Waals surface area (Å²) < 4.78 is 14.0. The second-order valence-corrected chi connectivity index (χ2v) is 8.39. The standard InChI is InChI=1S/C24H29FN2O/c1-2-27-18-24(16-21(23(27)28)19-8-4-3-5-9-19)12-14-26(15-13-24)17-20-10-6-7-11-22(20)25/h3-11,21H,2,12-18H2,1H3. The lowest BCUT2D eigenvalue weighted by Crippen LogP contribution is -2.53. The summed E-state index contributed by atoms with van der Waals surface area (Å²) in [6.07, 6.45) is 3.06. The molecule has 2 aromatic carbocycles. The fourth-order valence-electron chi connectivity index (χ4n) is 4.92. The van der Waals surface area contributed by atoms with Crippen molar-refractivity contribution in [1.29, 1.82) is 0 Å². The fourth-order valence-corrected chi connectivity index (χ4v) is 4.92. The number of nitrogens with zero attached hydrogens (tertiary/aromatic N) is 2. The molecule has 0 saturated carbocycles. The maximum absolute atomic E-state index is 14.0. The van der Waals surface area contributed by atoms with Crippen LogP contribution in [0.5, 0.6) is 0 Å². The molecular formula is C24H29FN2O. The molecule has 2 saturated heterocycles. The van der Waals surface area contributed by atoms with Crippen LogP contribution in [0.2, 0.25) is 0 Å². The first-order valence-corrected chi connectivity index (χ1v) is 10.4. The lowest BCUT2D eigenvalue weighted by atomic mass is 9.67. The van der Waals surface area contributed by atoms with Gasteiger partial charge in [0.05, 0.1) is 5.92 Å². The van der Waals surface area contributed by atoms with Gasteiger partial charge in [-0.1, -0.05) is 48.5 Å². The Bertz CT molecular complexity index is 814. The maximum Gasteiger partial charge on any atom is 0.230 e. The van der Waals surface area contributed by atoms with E-state index in [1.165, 1.54) is 6.07 Å². The van der Waals surface area contributed by atoms with Gasteiger partial charge in [0.25, 0.3) is 0 Å². The summed E-state index contributed by atoms with van der Waals surface area (Å²) in [5.41, 5.74) is 2.09. The molecule has 1 unspecified atom stereocenters. The van der Waals surface area contributed by atoms with Crippen LogP contribution in [0.15, 0.2) is 54.6 Å². The summed E-state index contributed by atoms with van der Waals surface area (Å²) in [7, 11) is 0. The van der Waals surface area contributed by atoms with Crippen LogP contribution in [0.4, 0.5) is 4.39 Å². The predicted octanol–water partition coefficient (Wildman–Crippen LogP) is 4.44. The molecule has 1 amide bonds. The summed E-state index contributed by atoms with van der Waals surface area (Å²) >= 11 is 0. The third-order valence-corrected chi connectivity index (χ3v) is 6.63. The molecule has 1 spiro atoms. The SMILES string of the molecule is CCN1CC2(CCN(Cc3ccccc3F)CC2)CC(c2ccccc2)C1=O. The molecule has 3 nitrogen and oxygen atoms in total. The van der Waals surface area contributed by atoms with E-state index in [-0.39, 0.29) is 23.1 Å². The molecule has 0 N–H and O–H groups in total. The Morgan fingerprint density at radius 3 is 2.39 bits per heavy atom. The number of rotatable bonds is 4. The van der Waals surface area contributed by atoms with Gasteiger partial charge in [-0.2, -0.15) is 0 Å². The summed E-state index contributed by atoms with van der Waals surface area (Å²) in [6, 6.07) is 17.3. The topological polar surface area (TPSA) is 23.6 Å². The van der Waals surface area contributed by atoms with Crippen molar-refractivity contribution in [2.75, 3.05) is 26.2 Å². The van der Waals surface area contributed by atoms with Crippen LogP contribution in [-0.2, 0) is 11.3 Å². The van der Waals surface area contributed by atoms with Gasteiger partial charge in [0.15, 0.2) is 0 Å². The highest BCUT2D eigenvalue weighted by Crippen LogP contribution is 2.45. The minimum absolute atomic E-state index is 0.0342. The number of halogens is 1. The fraction of sp³-hybridized carbons (Fsp3) is 0.458. The third kappa shape index (κ3) is 3.83. The number of piperidine rings is 2. The van der Waals surface area contributed by atoms with Gasteiger partial charge in [-0.3, -0.25) is 9.69 Å². The number of carbonyl (C=O) groups is 1. The Morgan fingerprint density at radius 2 is 1.71 bits per heavy atom. The van der Waals surface area contributed by atoms with Gasteiger partial charge < -0.3 is 4.90 Å². The van der Waals surface area contributed by atoms with E-state index in [4.69, 9.17) is 0 Å². The molecule has 2 aliphatic heterocycles. The van der Waals surface area contributed by atoms with E-state index in [0.29, 0.717) is 6.54 Å². The van der Waals surface area contributed by atoms with E-state index >= 15 is 0 Å². The second-order valence-electron chi connectivity index (χ2n) is 8.39. The van der Waals surface area contributed by atoms with Crippen molar-refractivity contribution in [2.45, 2.75) is 38.6 Å². The Morgan fingerprint density at radius 1 is 1.04 bits per heavy atom. The van der Waals surface area contributed by atoms with Crippen molar-refractivity contribution >= 4 is 5.91 Å². The maximum atomic E-state index is 14.0. The van der Waals surface area contributed by atoms with E-state index < -0.39 is 0 Å². The van der Waals surface area contributed by atoms with Crippen LogP contribution in [-0.4, -0.2) is 41.9 Å². The zero-order valence-corrected chi connectivity index (χ0v) is 16.6. The highest BCUT2D eigenvalue weighted by Gasteiger charge is 2.45. The second kappa shape index (κ2) is 8.04. The summed E-state index contributed by atoms with van der Waals surface area (Å²) in [6.45, 7) is 6.29. The van der Waals surface area contributed by atoms with E-state index in [2.05, 4.69) is 24.0 Å². The first-order chi connectivity index (χ1) is 13.6. The average molecular weight is 381 g/mol. The van der Waals surface area contributed by atoms with Gasteiger partial charge in [-0.05, 0) is 56.3 Å². The Balaban J connectivity index is 1.47. The molecule has 2 aromatic rings. The molecule has 148 valence electrons. The molecular weight excluding hydrogens is 351 g/mol. The van der Waals surface area contributed by atoms with Crippen LogP contribution in [0, 0.1) is 11.2 Å². The lowest BCUT2D eigenvalue weighted by molar-refractivity contribution is -0.141. The average Bonchev–Trinajstić information content (AvgIpc) is 2.74. The first-order valence-electron chi connectivity index (χ1n) is 10.4. The molecule has 1 atom stereocenters. The number of hydrogen-bond acceptors (Lipinski definition) is 2. The number of carbonyl (C=O) groups excluding carboxylic acids is 1. The van der Waals surface area contributed by atoms with E-state index in [1.807, 2.05) is 35.2 Å². The van der Waals surface area contributed by atoms with Crippen molar-refractivity contribution < 1.29 is 9.18 Å². The monoisotopic (exact) mass is 380 g/mol. The molecule has 2 aliphatic rings. The molecule has 2 heterocycles. The number of hydrogen-bond donors (Lipinski definition) is 0. The van der Waals surface area contributed by atoms with Gasteiger partial charge in [-0.15, -0.1) is 0 Å². The number of likely N-dealkylation sites (tertiary alicyclic amines) is 2. The number of likely N-dealkylation sites (N-methyl/N-ethyl adjacent to an activating group) is 1. The van der Waals surface area contributed by atoms with Crippen molar-refractivity contribution in [3.8, 4) is 0 Å². The van der Waals surface area contributed by atoms with E-state index in [9.17, 15) is 9.18 Å². The van der Waals surface area contributed by atoms with Gasteiger partial charge in [0.1, 0.15) is 5.82 Å². The van der Waals surface area contributed by atoms with Gasteiger partial charge in [-0.25, -0.2) is 4.39 Å². The van der Waals surface area contributed by atoms with Crippen LogP contribution >= 0.6 is 0 Å². The Labute approximate surface area is 167 Å². The van der Waals surface area contributed by atoms with Crippen LogP contribution in [0.3, 0.4) is 0 Å². The van der Waals surface area contributed by atoms with Crippen molar-refractivity contribution in [3.05, 3.63) is 71.5 Å². The van der Waals surface area contributed by atoms with Crippen LogP contribution in [0.25, 0.3) is 0 Å². The number of benzene rings is 2. The van der Waals surface area contributed by atoms with E-state index in [1.54, 1.807) is 6.07 Å². The number of amides is 1. The first kappa shape index (κ1) is 19.1. The third-order valence-electron chi connectivity index (χ3n) is 6.63. The molecule has 0 aliphatic carbocycles. The lowest BCUT2D eigenvalue weighted by Gasteiger charge is -2.50. The van der Waals surface area contributed by atoms with Crippen LogP contribution in [0.1, 0.15) is 43.2 Å². The normalized spacial score (nSPS) is 22.6. The smallest absolute Gasteiger partial charge is 0.230 e. The molecule has 4 heteroatoms. The molecule has 0 aromatic heterocycles. The molecule has 2 fully saturated rings. The van der Waals surface area contributed by atoms with Crippen molar-refractivity contribution in [2.24, 2.45) is 5.41 Å².